The minimum atomic E-state index is 0.0492. The maximum absolute atomic E-state index is 5.95. The zero-order chi connectivity index (χ0) is 9.84. The van der Waals surface area contributed by atoms with Gasteiger partial charge in [-0.1, -0.05) is 28.1 Å². The van der Waals surface area contributed by atoms with E-state index in [9.17, 15) is 0 Å². The van der Waals surface area contributed by atoms with Gasteiger partial charge in [-0.05, 0) is 31.0 Å². The fourth-order valence-electron chi connectivity index (χ4n) is 1.25. The van der Waals surface area contributed by atoms with Crippen molar-refractivity contribution in [3.8, 4) is 0 Å². The van der Waals surface area contributed by atoms with Crippen LogP contribution in [0.2, 0.25) is 0 Å². The molecule has 0 amide bonds. The Bertz CT molecular complexity index is 256. The highest BCUT2D eigenvalue weighted by Crippen LogP contribution is 2.18. The van der Waals surface area contributed by atoms with Crippen molar-refractivity contribution in [2.75, 3.05) is 0 Å². The lowest BCUT2D eigenvalue weighted by molar-refractivity contribution is 0.568. The lowest BCUT2D eigenvalue weighted by Crippen LogP contribution is -2.23. The molecule has 72 valence electrons. The number of rotatable bonds is 3. The van der Waals surface area contributed by atoms with Crippen molar-refractivity contribution in [1.82, 2.24) is 0 Å². The molecule has 0 aliphatic rings. The summed E-state index contributed by atoms with van der Waals surface area (Å²) in [7, 11) is 0. The summed E-state index contributed by atoms with van der Waals surface area (Å²) in [6.45, 7) is 1.97. The number of benzene rings is 1. The molecule has 0 aliphatic carbocycles. The van der Waals surface area contributed by atoms with Crippen molar-refractivity contribution in [3.05, 3.63) is 34.3 Å². The summed E-state index contributed by atoms with van der Waals surface area (Å²) < 4.78 is 1.07. The molecule has 0 saturated carbocycles. The summed E-state index contributed by atoms with van der Waals surface area (Å²) in [4.78, 5) is 0. The normalized spacial score (nSPS) is 15.4. The van der Waals surface area contributed by atoms with Crippen LogP contribution in [0.15, 0.2) is 28.7 Å². The monoisotopic (exact) mass is 242 g/mol. The van der Waals surface area contributed by atoms with E-state index in [0.717, 1.165) is 16.5 Å². The van der Waals surface area contributed by atoms with Crippen LogP contribution >= 0.6 is 15.9 Å². The third-order valence-electron chi connectivity index (χ3n) is 1.92. The molecule has 0 fully saturated rings. The van der Waals surface area contributed by atoms with Crippen LogP contribution in [-0.4, -0.2) is 6.04 Å². The van der Waals surface area contributed by atoms with Gasteiger partial charge in [-0.2, -0.15) is 0 Å². The minimum Gasteiger partial charge on any atom is -0.328 e. The van der Waals surface area contributed by atoms with Crippen molar-refractivity contribution < 1.29 is 0 Å². The van der Waals surface area contributed by atoms with Crippen molar-refractivity contribution in [2.45, 2.75) is 25.4 Å². The second kappa shape index (κ2) is 4.74. The Balaban J connectivity index is 2.66. The van der Waals surface area contributed by atoms with E-state index in [0.29, 0.717) is 0 Å². The molecule has 1 aromatic rings. The van der Waals surface area contributed by atoms with Gasteiger partial charge in [0.1, 0.15) is 0 Å². The Morgan fingerprint density at radius 3 is 2.23 bits per heavy atom. The Morgan fingerprint density at radius 2 is 1.77 bits per heavy atom. The molecule has 2 atom stereocenters. The van der Waals surface area contributed by atoms with Crippen LogP contribution in [0.4, 0.5) is 0 Å². The van der Waals surface area contributed by atoms with E-state index in [1.807, 2.05) is 31.2 Å². The van der Waals surface area contributed by atoms with Gasteiger partial charge in [-0.25, -0.2) is 0 Å². The summed E-state index contributed by atoms with van der Waals surface area (Å²) in [5.74, 6) is 0. The molecule has 0 aromatic heterocycles. The first-order valence-electron chi connectivity index (χ1n) is 4.36. The fraction of sp³-hybridized carbons (Fsp3) is 0.400. The van der Waals surface area contributed by atoms with Crippen LogP contribution in [-0.2, 0) is 0 Å². The number of halogens is 1. The largest absolute Gasteiger partial charge is 0.328 e. The van der Waals surface area contributed by atoms with E-state index in [4.69, 9.17) is 11.5 Å². The van der Waals surface area contributed by atoms with Gasteiger partial charge in [0.15, 0.2) is 0 Å². The van der Waals surface area contributed by atoms with Crippen LogP contribution in [0.5, 0.6) is 0 Å². The van der Waals surface area contributed by atoms with Gasteiger partial charge in [-0.3, -0.25) is 0 Å². The number of nitrogens with two attached hydrogens (primary N) is 2. The standard InChI is InChI=1S/C10H15BrN2/c1-7(12)6-10(13)8-2-4-9(11)5-3-8/h2-5,7,10H,6,12-13H2,1H3. The molecule has 13 heavy (non-hydrogen) atoms. The zero-order valence-electron chi connectivity index (χ0n) is 7.70. The van der Waals surface area contributed by atoms with E-state index < -0.39 is 0 Å². The van der Waals surface area contributed by atoms with Crippen LogP contribution in [0, 0.1) is 0 Å². The summed E-state index contributed by atoms with van der Waals surface area (Å²) in [5, 5.41) is 0. The minimum absolute atomic E-state index is 0.0492. The van der Waals surface area contributed by atoms with Crippen LogP contribution in [0.3, 0.4) is 0 Å². The van der Waals surface area contributed by atoms with Gasteiger partial charge in [0.25, 0.3) is 0 Å². The number of hydrogen-bond acceptors (Lipinski definition) is 2. The van der Waals surface area contributed by atoms with Gasteiger partial charge >= 0.3 is 0 Å². The van der Waals surface area contributed by atoms with Gasteiger partial charge in [-0.15, -0.1) is 0 Å². The van der Waals surface area contributed by atoms with Crippen molar-refractivity contribution in [3.63, 3.8) is 0 Å². The first-order valence-corrected chi connectivity index (χ1v) is 5.15. The molecular formula is C10H15BrN2. The van der Waals surface area contributed by atoms with Crippen molar-refractivity contribution in [1.29, 1.82) is 0 Å². The second-order valence-electron chi connectivity index (χ2n) is 3.37. The maximum Gasteiger partial charge on any atom is 0.0309 e. The summed E-state index contributed by atoms with van der Waals surface area (Å²) in [6.07, 6.45) is 0.821. The van der Waals surface area contributed by atoms with Crippen LogP contribution in [0.25, 0.3) is 0 Å². The average molecular weight is 243 g/mol. The van der Waals surface area contributed by atoms with Gasteiger partial charge in [0, 0.05) is 16.6 Å². The summed E-state index contributed by atoms with van der Waals surface area (Å²) in [6, 6.07) is 8.24. The smallest absolute Gasteiger partial charge is 0.0309 e. The molecular weight excluding hydrogens is 228 g/mol. The van der Waals surface area contributed by atoms with E-state index in [-0.39, 0.29) is 12.1 Å². The molecule has 2 unspecified atom stereocenters. The molecule has 0 aliphatic heterocycles. The maximum atomic E-state index is 5.95. The Kier molecular flexibility index (Phi) is 3.90. The molecule has 0 radical (unpaired) electrons. The number of hydrogen-bond donors (Lipinski definition) is 2. The topological polar surface area (TPSA) is 52.0 Å². The summed E-state index contributed by atoms with van der Waals surface area (Å²) >= 11 is 3.38. The van der Waals surface area contributed by atoms with Crippen LogP contribution in [0.1, 0.15) is 24.9 Å². The quantitative estimate of drug-likeness (QED) is 0.854. The molecule has 0 saturated heterocycles. The molecule has 0 bridgehead atoms. The van der Waals surface area contributed by atoms with E-state index in [1.54, 1.807) is 0 Å². The predicted molar refractivity (Wildman–Crippen MR) is 59.3 cm³/mol. The first kappa shape index (κ1) is 10.7. The third kappa shape index (κ3) is 3.46. The molecule has 0 heterocycles. The predicted octanol–water partition coefficient (Wildman–Crippen LogP) is 2.19. The Hall–Kier alpha value is -0.380. The van der Waals surface area contributed by atoms with E-state index in [2.05, 4.69) is 15.9 Å². The molecule has 4 N–H and O–H groups in total. The van der Waals surface area contributed by atoms with Crippen molar-refractivity contribution in [2.24, 2.45) is 11.5 Å². The second-order valence-corrected chi connectivity index (χ2v) is 4.29. The zero-order valence-corrected chi connectivity index (χ0v) is 9.29. The van der Waals surface area contributed by atoms with Crippen LogP contribution < -0.4 is 11.5 Å². The Labute approximate surface area is 87.4 Å². The van der Waals surface area contributed by atoms with E-state index in [1.165, 1.54) is 0 Å². The summed E-state index contributed by atoms with van der Waals surface area (Å²) in [5.41, 5.74) is 12.8. The van der Waals surface area contributed by atoms with Gasteiger partial charge < -0.3 is 11.5 Å². The molecule has 3 heteroatoms. The first-order chi connectivity index (χ1) is 6.09. The van der Waals surface area contributed by atoms with Gasteiger partial charge in [0.05, 0.1) is 0 Å². The lowest BCUT2D eigenvalue weighted by atomic mass is 10.0. The molecule has 2 nitrogen and oxygen atoms in total. The highest BCUT2D eigenvalue weighted by Gasteiger charge is 2.07. The average Bonchev–Trinajstić information content (AvgIpc) is 2.04. The fourth-order valence-corrected chi connectivity index (χ4v) is 1.51. The van der Waals surface area contributed by atoms with Gasteiger partial charge in [0.2, 0.25) is 0 Å². The third-order valence-corrected chi connectivity index (χ3v) is 2.45. The van der Waals surface area contributed by atoms with Crippen molar-refractivity contribution >= 4 is 15.9 Å². The SMILES string of the molecule is CC(N)CC(N)c1ccc(Br)cc1. The van der Waals surface area contributed by atoms with E-state index >= 15 is 0 Å². The molecule has 1 rings (SSSR count). The molecule has 0 spiro atoms. The lowest BCUT2D eigenvalue weighted by Gasteiger charge is -2.14. The highest BCUT2D eigenvalue weighted by atomic mass is 79.9. The molecule has 1 aromatic carbocycles. The Morgan fingerprint density at radius 1 is 1.23 bits per heavy atom. The highest BCUT2D eigenvalue weighted by molar-refractivity contribution is 9.10.